The van der Waals surface area contributed by atoms with Gasteiger partial charge in [-0.05, 0) is 37.5 Å². The molecule has 1 aromatic heterocycles. The van der Waals surface area contributed by atoms with E-state index in [0.29, 0.717) is 0 Å². The molecule has 1 aromatic carbocycles. The van der Waals surface area contributed by atoms with Crippen LogP contribution in [0.15, 0.2) is 35.8 Å². The minimum absolute atomic E-state index is 0.794. The Balaban J connectivity index is 1.42. The van der Waals surface area contributed by atoms with Gasteiger partial charge in [-0.1, -0.05) is 17.7 Å². The van der Waals surface area contributed by atoms with Gasteiger partial charge in [0, 0.05) is 57.0 Å². The predicted octanol–water partition coefficient (Wildman–Crippen LogP) is 2.42. The molecule has 0 saturated carbocycles. The Morgan fingerprint density at radius 2 is 1.89 bits per heavy atom. The van der Waals surface area contributed by atoms with Crippen LogP contribution in [-0.4, -0.2) is 65.4 Å². The van der Waals surface area contributed by atoms with Gasteiger partial charge >= 0.3 is 0 Å². The Kier molecular flexibility index (Phi) is 6.92. The topological polar surface area (TPSA) is 61.6 Å². The van der Waals surface area contributed by atoms with Crippen molar-refractivity contribution in [3.8, 4) is 0 Å². The lowest BCUT2D eigenvalue weighted by molar-refractivity contribution is 0.372. The van der Waals surface area contributed by atoms with E-state index >= 15 is 0 Å². The molecule has 8 heteroatoms. The highest BCUT2D eigenvalue weighted by Crippen LogP contribution is 2.25. The van der Waals surface area contributed by atoms with Gasteiger partial charge in [-0.2, -0.15) is 0 Å². The first-order valence-corrected chi connectivity index (χ1v) is 9.84. The average Bonchev–Trinajstić information content (AvgIpc) is 3.20. The van der Waals surface area contributed by atoms with E-state index in [0.717, 1.165) is 63.1 Å². The molecule has 1 saturated heterocycles. The molecule has 0 radical (unpaired) electrons. The Bertz CT molecular complexity index is 737. The van der Waals surface area contributed by atoms with E-state index < -0.39 is 0 Å². The zero-order valence-corrected chi connectivity index (χ0v) is 16.9. The number of aliphatic imine (C=N–C) groups is 1. The number of hydrogen-bond acceptors (Lipinski definition) is 4. The Hall–Kier alpha value is -2.28. The van der Waals surface area contributed by atoms with Gasteiger partial charge in [-0.15, -0.1) is 10.2 Å². The highest BCUT2D eigenvalue weighted by atomic mass is 35.5. The summed E-state index contributed by atoms with van der Waals surface area (Å²) in [7, 11) is 1.85. The Morgan fingerprint density at radius 1 is 1.15 bits per heavy atom. The molecular formula is C19H28ClN7. The van der Waals surface area contributed by atoms with Gasteiger partial charge in [0.15, 0.2) is 5.96 Å². The van der Waals surface area contributed by atoms with Crippen molar-refractivity contribution in [1.82, 2.24) is 25.0 Å². The highest BCUT2D eigenvalue weighted by molar-refractivity contribution is 6.30. The van der Waals surface area contributed by atoms with Crippen LogP contribution >= 0.6 is 11.6 Å². The van der Waals surface area contributed by atoms with Crippen LogP contribution in [0.1, 0.15) is 18.4 Å². The fraction of sp³-hybridized carbons (Fsp3) is 0.526. The monoisotopic (exact) mass is 389 g/mol. The summed E-state index contributed by atoms with van der Waals surface area (Å²) in [6, 6.07) is 6.10. The molecule has 0 spiro atoms. The van der Waals surface area contributed by atoms with Crippen molar-refractivity contribution in [1.29, 1.82) is 0 Å². The molecule has 7 nitrogen and oxygen atoms in total. The molecule has 0 unspecified atom stereocenters. The summed E-state index contributed by atoms with van der Waals surface area (Å²) in [5, 5.41) is 11.9. The zero-order chi connectivity index (χ0) is 19.1. The number of hydrogen-bond donors (Lipinski definition) is 1. The molecule has 27 heavy (non-hydrogen) atoms. The maximum Gasteiger partial charge on any atom is 0.193 e. The molecule has 0 bridgehead atoms. The average molecular weight is 390 g/mol. The van der Waals surface area contributed by atoms with E-state index in [1.165, 1.54) is 11.3 Å². The number of benzene rings is 1. The van der Waals surface area contributed by atoms with Gasteiger partial charge in [0.2, 0.25) is 0 Å². The number of anilines is 1. The quantitative estimate of drug-likeness (QED) is 0.467. The molecule has 1 N–H and O–H groups in total. The van der Waals surface area contributed by atoms with Gasteiger partial charge in [-0.25, -0.2) is 0 Å². The smallest absolute Gasteiger partial charge is 0.193 e. The van der Waals surface area contributed by atoms with E-state index in [9.17, 15) is 0 Å². The van der Waals surface area contributed by atoms with Gasteiger partial charge in [0.05, 0.1) is 0 Å². The fourth-order valence-corrected chi connectivity index (χ4v) is 3.54. The molecule has 1 aliphatic heterocycles. The van der Waals surface area contributed by atoms with Crippen LogP contribution < -0.4 is 10.2 Å². The van der Waals surface area contributed by atoms with Crippen molar-refractivity contribution in [2.24, 2.45) is 4.99 Å². The predicted molar refractivity (Wildman–Crippen MR) is 111 cm³/mol. The summed E-state index contributed by atoms with van der Waals surface area (Å²) in [6.07, 6.45) is 5.68. The minimum Gasteiger partial charge on any atom is -0.368 e. The van der Waals surface area contributed by atoms with Crippen LogP contribution in [0.2, 0.25) is 5.02 Å². The Labute approximate surface area is 166 Å². The second-order valence-corrected chi connectivity index (χ2v) is 7.22. The van der Waals surface area contributed by atoms with E-state index in [4.69, 9.17) is 11.6 Å². The van der Waals surface area contributed by atoms with Crippen molar-refractivity contribution in [2.45, 2.75) is 26.3 Å². The number of guanidine groups is 1. The second kappa shape index (κ2) is 9.60. The number of rotatable bonds is 6. The minimum atomic E-state index is 0.794. The molecule has 1 aliphatic rings. The molecule has 0 aliphatic carbocycles. The summed E-state index contributed by atoms with van der Waals surface area (Å²) in [5.41, 5.74) is 2.50. The molecule has 2 aromatic rings. The van der Waals surface area contributed by atoms with Crippen molar-refractivity contribution in [3.05, 3.63) is 41.4 Å². The Morgan fingerprint density at radius 3 is 2.59 bits per heavy atom. The van der Waals surface area contributed by atoms with Crippen LogP contribution in [0.25, 0.3) is 0 Å². The van der Waals surface area contributed by atoms with Crippen LogP contribution in [-0.2, 0) is 6.54 Å². The summed E-state index contributed by atoms with van der Waals surface area (Å²) in [6.45, 7) is 7.84. The fourth-order valence-electron chi connectivity index (χ4n) is 3.37. The maximum atomic E-state index is 6.18. The van der Waals surface area contributed by atoms with Crippen LogP contribution in [0.3, 0.4) is 0 Å². The lowest BCUT2D eigenvalue weighted by Crippen LogP contribution is -2.52. The summed E-state index contributed by atoms with van der Waals surface area (Å²) in [5.74, 6) is 0.988. The third-order valence-electron chi connectivity index (χ3n) is 4.90. The van der Waals surface area contributed by atoms with E-state index in [1.54, 1.807) is 12.7 Å². The van der Waals surface area contributed by atoms with E-state index in [-0.39, 0.29) is 0 Å². The number of aryl methyl sites for hydroxylation is 2. The SMILES string of the molecule is CN=C(NCCCCn1cnnc1)N1CCN(c2cc(Cl)ccc2C)CC1. The number of nitrogens with one attached hydrogen (secondary N) is 1. The number of aromatic nitrogens is 3. The number of halogens is 1. The number of nitrogens with zero attached hydrogens (tertiary/aromatic N) is 6. The number of piperazine rings is 1. The molecule has 0 atom stereocenters. The normalized spacial score (nSPS) is 15.3. The lowest BCUT2D eigenvalue weighted by Gasteiger charge is -2.38. The molecular weight excluding hydrogens is 362 g/mol. The summed E-state index contributed by atoms with van der Waals surface area (Å²) < 4.78 is 2.01. The first kappa shape index (κ1) is 19.5. The van der Waals surface area contributed by atoms with Crippen molar-refractivity contribution >= 4 is 23.2 Å². The first-order valence-electron chi connectivity index (χ1n) is 9.46. The lowest BCUT2D eigenvalue weighted by atomic mass is 10.1. The first-order chi connectivity index (χ1) is 13.2. The maximum absolute atomic E-state index is 6.18. The molecule has 2 heterocycles. The van der Waals surface area contributed by atoms with E-state index in [2.05, 4.69) is 49.4 Å². The third-order valence-corrected chi connectivity index (χ3v) is 5.13. The molecule has 0 amide bonds. The number of unbranched alkanes of at least 4 members (excludes halogenated alkanes) is 1. The third kappa shape index (κ3) is 5.35. The second-order valence-electron chi connectivity index (χ2n) is 6.79. The van der Waals surface area contributed by atoms with E-state index in [1.807, 2.05) is 17.7 Å². The van der Waals surface area contributed by atoms with Crippen molar-refractivity contribution < 1.29 is 0 Å². The van der Waals surface area contributed by atoms with Crippen LogP contribution in [0, 0.1) is 6.92 Å². The molecule has 1 fully saturated rings. The van der Waals surface area contributed by atoms with Crippen molar-refractivity contribution in [2.75, 3.05) is 44.7 Å². The largest absolute Gasteiger partial charge is 0.368 e. The van der Waals surface area contributed by atoms with Gasteiger partial charge in [0.25, 0.3) is 0 Å². The van der Waals surface area contributed by atoms with Crippen molar-refractivity contribution in [3.63, 3.8) is 0 Å². The molecule has 3 rings (SSSR count). The summed E-state index contributed by atoms with van der Waals surface area (Å²) >= 11 is 6.18. The van der Waals surface area contributed by atoms with Gasteiger partial charge in [0.1, 0.15) is 12.7 Å². The van der Waals surface area contributed by atoms with Crippen LogP contribution in [0.5, 0.6) is 0 Å². The van der Waals surface area contributed by atoms with Crippen LogP contribution in [0.4, 0.5) is 5.69 Å². The van der Waals surface area contributed by atoms with Gasteiger partial charge < -0.3 is 19.7 Å². The summed E-state index contributed by atoms with van der Waals surface area (Å²) in [4.78, 5) is 9.19. The zero-order valence-electron chi connectivity index (χ0n) is 16.1. The molecule has 146 valence electrons. The van der Waals surface area contributed by atoms with Gasteiger partial charge in [-0.3, -0.25) is 4.99 Å². The standard InChI is InChI=1S/C19H28ClN7/c1-16-5-6-17(20)13-18(16)26-9-11-27(12-10-26)19(21-2)22-7-3-4-8-25-14-23-24-15-25/h5-6,13-15H,3-4,7-12H2,1-2H3,(H,21,22). The highest BCUT2D eigenvalue weighted by Gasteiger charge is 2.20.